The Morgan fingerprint density at radius 1 is 1.24 bits per heavy atom. The van der Waals surface area contributed by atoms with Gasteiger partial charge in [0.15, 0.2) is 16.3 Å². The summed E-state index contributed by atoms with van der Waals surface area (Å²) in [6.07, 6.45) is 0. The number of hydrogen-bond acceptors (Lipinski definition) is 2. The number of aromatic amines is 1. The first kappa shape index (κ1) is 13.8. The topological polar surface area (TPSA) is 29.9 Å². The number of imidazole rings is 1. The van der Waals surface area contributed by atoms with Gasteiger partial charge in [0.05, 0.1) is 23.8 Å². The fourth-order valence-corrected chi connectivity index (χ4v) is 2.79. The van der Waals surface area contributed by atoms with Gasteiger partial charge in [-0.25, -0.2) is 4.39 Å². The molecule has 0 saturated carbocycles. The average molecular weight is 302 g/mol. The van der Waals surface area contributed by atoms with E-state index in [4.69, 9.17) is 17.0 Å². The first-order valence-electron chi connectivity index (χ1n) is 6.58. The molecule has 1 heterocycles. The second-order valence-electron chi connectivity index (χ2n) is 4.99. The van der Waals surface area contributed by atoms with Gasteiger partial charge >= 0.3 is 0 Å². The number of nitrogens with zero attached hydrogens (tertiary/aromatic N) is 1. The smallest absolute Gasteiger partial charge is 0.182 e. The van der Waals surface area contributed by atoms with E-state index < -0.39 is 5.82 Å². The number of rotatable bonds is 2. The standard InChI is InChI=1S/C16H15FN2OS/c1-9-5-4-6-13(10(9)2)19-14-8-15(20-3)11(17)7-12(14)18-16(19)21/h4-8H,1-3H3,(H,18,21). The lowest BCUT2D eigenvalue weighted by molar-refractivity contribution is 0.387. The molecule has 1 aromatic heterocycles. The van der Waals surface area contributed by atoms with Gasteiger partial charge in [0, 0.05) is 12.1 Å². The Labute approximate surface area is 127 Å². The van der Waals surface area contributed by atoms with Gasteiger partial charge < -0.3 is 9.72 Å². The lowest BCUT2D eigenvalue weighted by Gasteiger charge is -2.11. The predicted molar refractivity (Wildman–Crippen MR) is 84.4 cm³/mol. The maximum absolute atomic E-state index is 13.8. The molecular weight excluding hydrogens is 287 g/mol. The summed E-state index contributed by atoms with van der Waals surface area (Å²) in [7, 11) is 1.45. The lowest BCUT2D eigenvalue weighted by atomic mass is 10.1. The Morgan fingerprint density at radius 2 is 2.00 bits per heavy atom. The van der Waals surface area contributed by atoms with Crippen LogP contribution in [0.2, 0.25) is 0 Å². The van der Waals surface area contributed by atoms with Crippen LogP contribution in [0.3, 0.4) is 0 Å². The van der Waals surface area contributed by atoms with Crippen molar-refractivity contribution in [3.05, 3.63) is 52.0 Å². The van der Waals surface area contributed by atoms with Gasteiger partial charge in [0.1, 0.15) is 0 Å². The Hall–Kier alpha value is -2.14. The predicted octanol–water partition coefficient (Wildman–Crippen LogP) is 4.45. The second kappa shape index (κ2) is 5.00. The van der Waals surface area contributed by atoms with Crippen molar-refractivity contribution in [2.75, 3.05) is 7.11 Å². The van der Waals surface area contributed by atoms with Crippen LogP contribution in [0, 0.1) is 24.4 Å². The fraction of sp³-hybridized carbons (Fsp3) is 0.188. The van der Waals surface area contributed by atoms with Crippen molar-refractivity contribution >= 4 is 23.3 Å². The van der Waals surface area contributed by atoms with Crippen LogP contribution in [0.1, 0.15) is 11.1 Å². The van der Waals surface area contributed by atoms with Crippen LogP contribution in [-0.2, 0) is 0 Å². The Balaban J connectivity index is 2.39. The highest BCUT2D eigenvalue weighted by Crippen LogP contribution is 2.28. The molecule has 0 saturated heterocycles. The zero-order valence-corrected chi connectivity index (χ0v) is 12.8. The van der Waals surface area contributed by atoms with E-state index in [0.29, 0.717) is 10.3 Å². The van der Waals surface area contributed by atoms with Crippen LogP contribution >= 0.6 is 12.2 Å². The number of H-pyrrole nitrogens is 1. The minimum absolute atomic E-state index is 0.204. The molecule has 0 atom stereocenters. The van der Waals surface area contributed by atoms with Crippen LogP contribution in [0.5, 0.6) is 5.75 Å². The number of halogens is 1. The quantitative estimate of drug-likeness (QED) is 0.709. The third-order valence-corrected chi connectivity index (χ3v) is 4.06. The molecule has 2 aromatic carbocycles. The van der Waals surface area contributed by atoms with Gasteiger partial charge in [-0.2, -0.15) is 0 Å². The Kier molecular flexibility index (Phi) is 3.29. The monoisotopic (exact) mass is 302 g/mol. The van der Waals surface area contributed by atoms with Crippen molar-refractivity contribution in [3.63, 3.8) is 0 Å². The highest BCUT2D eigenvalue weighted by Gasteiger charge is 2.13. The minimum Gasteiger partial charge on any atom is -0.494 e. The van der Waals surface area contributed by atoms with Crippen LogP contribution < -0.4 is 4.74 Å². The summed E-state index contributed by atoms with van der Waals surface area (Å²) in [5.74, 6) is -0.204. The molecule has 0 radical (unpaired) electrons. The molecule has 21 heavy (non-hydrogen) atoms. The number of aromatic nitrogens is 2. The van der Waals surface area contributed by atoms with Crippen LogP contribution in [0.4, 0.5) is 4.39 Å². The number of aryl methyl sites for hydroxylation is 1. The van der Waals surface area contributed by atoms with Crippen LogP contribution in [0.15, 0.2) is 30.3 Å². The molecule has 3 nitrogen and oxygen atoms in total. The Morgan fingerprint density at radius 3 is 2.71 bits per heavy atom. The van der Waals surface area contributed by atoms with Gasteiger partial charge in [0.25, 0.3) is 0 Å². The van der Waals surface area contributed by atoms with Crippen molar-refractivity contribution in [2.24, 2.45) is 0 Å². The highest BCUT2D eigenvalue weighted by atomic mass is 32.1. The molecular formula is C16H15FN2OS. The first-order chi connectivity index (χ1) is 10.0. The maximum Gasteiger partial charge on any atom is 0.182 e. The largest absolute Gasteiger partial charge is 0.494 e. The van der Waals surface area contributed by atoms with Gasteiger partial charge in [-0.15, -0.1) is 0 Å². The summed E-state index contributed by atoms with van der Waals surface area (Å²) in [4.78, 5) is 3.05. The van der Waals surface area contributed by atoms with E-state index in [1.807, 2.05) is 23.6 Å². The molecule has 3 rings (SSSR count). The van der Waals surface area contributed by atoms with E-state index in [1.54, 1.807) is 6.07 Å². The zero-order valence-electron chi connectivity index (χ0n) is 12.0. The highest BCUT2D eigenvalue weighted by molar-refractivity contribution is 7.71. The number of nitrogens with one attached hydrogen (secondary N) is 1. The summed E-state index contributed by atoms with van der Waals surface area (Å²) < 4.78 is 21.3. The van der Waals surface area contributed by atoms with Crippen molar-refractivity contribution in [1.29, 1.82) is 0 Å². The Bertz CT molecular complexity index is 895. The summed E-state index contributed by atoms with van der Waals surface area (Å²) in [6.45, 7) is 4.10. The number of hydrogen-bond donors (Lipinski definition) is 1. The number of methoxy groups -OCH3 is 1. The molecule has 0 spiro atoms. The molecule has 0 amide bonds. The molecule has 0 bridgehead atoms. The van der Waals surface area contributed by atoms with Crippen LogP contribution in [0.25, 0.3) is 16.7 Å². The third-order valence-electron chi connectivity index (χ3n) is 3.77. The van der Waals surface area contributed by atoms with Crippen LogP contribution in [-0.4, -0.2) is 16.7 Å². The number of fused-ring (bicyclic) bond motifs is 1. The van der Waals surface area contributed by atoms with Gasteiger partial charge in [0.2, 0.25) is 0 Å². The van der Waals surface area contributed by atoms with Crippen molar-refractivity contribution < 1.29 is 9.13 Å². The summed E-state index contributed by atoms with van der Waals surface area (Å²) in [5, 5.41) is 0. The molecule has 3 aromatic rings. The minimum atomic E-state index is -0.408. The third kappa shape index (κ3) is 2.14. The molecule has 0 aliphatic rings. The molecule has 0 aliphatic carbocycles. The molecule has 108 valence electrons. The maximum atomic E-state index is 13.8. The molecule has 0 aliphatic heterocycles. The zero-order chi connectivity index (χ0) is 15.1. The van der Waals surface area contributed by atoms with Gasteiger partial charge in [-0.3, -0.25) is 4.57 Å². The SMILES string of the molecule is COc1cc2c(cc1F)[nH]c(=S)n2-c1cccc(C)c1C. The average Bonchev–Trinajstić information content (AvgIpc) is 2.76. The van der Waals surface area contributed by atoms with E-state index in [1.165, 1.54) is 18.7 Å². The molecule has 0 fully saturated rings. The van der Waals surface area contributed by atoms with Crippen molar-refractivity contribution in [3.8, 4) is 11.4 Å². The van der Waals surface area contributed by atoms with E-state index in [9.17, 15) is 4.39 Å². The van der Waals surface area contributed by atoms with E-state index in [0.717, 1.165) is 16.8 Å². The van der Waals surface area contributed by atoms with Crippen molar-refractivity contribution in [2.45, 2.75) is 13.8 Å². The van der Waals surface area contributed by atoms with Crippen molar-refractivity contribution in [1.82, 2.24) is 9.55 Å². The number of ether oxygens (including phenoxy) is 1. The molecule has 0 unspecified atom stereocenters. The molecule has 5 heteroatoms. The van der Waals surface area contributed by atoms with E-state index in [-0.39, 0.29) is 5.75 Å². The number of benzene rings is 2. The molecule has 1 N–H and O–H groups in total. The summed E-state index contributed by atoms with van der Waals surface area (Å²) in [5.41, 5.74) is 4.75. The summed E-state index contributed by atoms with van der Waals surface area (Å²) in [6, 6.07) is 9.11. The second-order valence-corrected chi connectivity index (χ2v) is 5.38. The lowest BCUT2D eigenvalue weighted by Crippen LogP contribution is -1.99. The normalized spacial score (nSPS) is 11.0. The van der Waals surface area contributed by atoms with E-state index in [2.05, 4.69) is 18.0 Å². The van der Waals surface area contributed by atoms with E-state index >= 15 is 0 Å². The van der Waals surface area contributed by atoms with Gasteiger partial charge in [-0.05, 0) is 43.3 Å². The first-order valence-corrected chi connectivity index (χ1v) is 6.98. The fourth-order valence-electron chi connectivity index (χ4n) is 2.48. The summed E-state index contributed by atoms with van der Waals surface area (Å²) >= 11 is 5.40. The van der Waals surface area contributed by atoms with Gasteiger partial charge in [-0.1, -0.05) is 12.1 Å².